The van der Waals surface area contributed by atoms with Crippen molar-refractivity contribution in [2.24, 2.45) is 4.99 Å². The molecule has 1 heterocycles. The van der Waals surface area contributed by atoms with E-state index in [1.54, 1.807) is 11.8 Å². The molecule has 20 heavy (non-hydrogen) atoms. The van der Waals surface area contributed by atoms with Crippen LogP contribution in [0.3, 0.4) is 0 Å². The molecule has 0 radical (unpaired) electrons. The summed E-state index contributed by atoms with van der Waals surface area (Å²) in [4.78, 5) is 18.4. The van der Waals surface area contributed by atoms with Gasteiger partial charge in [0.05, 0.1) is 0 Å². The maximum atomic E-state index is 12.1. The van der Waals surface area contributed by atoms with Gasteiger partial charge in [0.15, 0.2) is 5.17 Å². The molecular formula is C15H21N3OS. The first-order valence-electron chi connectivity index (χ1n) is 7.01. The van der Waals surface area contributed by atoms with E-state index in [1.807, 2.05) is 25.1 Å². The maximum Gasteiger partial charge on any atom is 0.347 e. The molecule has 1 aromatic carbocycles. The number of amidine groups is 1. The quantitative estimate of drug-likeness (QED) is 0.927. The molecule has 1 aliphatic heterocycles. The van der Waals surface area contributed by atoms with Crippen LogP contribution in [0.5, 0.6) is 0 Å². The lowest BCUT2D eigenvalue weighted by Crippen LogP contribution is -2.25. The number of carbonyl (C=O) groups excluding carboxylic acids is 1. The average Bonchev–Trinajstić information content (AvgIpc) is 2.88. The first-order chi connectivity index (χ1) is 9.65. The number of thioether (sulfide) groups is 1. The summed E-state index contributed by atoms with van der Waals surface area (Å²) in [5.74, 6) is 1.00. The number of para-hydroxylation sites is 1. The van der Waals surface area contributed by atoms with Crippen LogP contribution in [0.1, 0.15) is 25.0 Å². The summed E-state index contributed by atoms with van der Waals surface area (Å²) in [6, 6.07) is 5.78. The fraction of sp³-hybridized carbons (Fsp3) is 0.467. The molecular weight excluding hydrogens is 270 g/mol. The number of anilines is 1. The van der Waals surface area contributed by atoms with Gasteiger partial charge in [0, 0.05) is 24.5 Å². The number of rotatable bonds is 3. The molecule has 108 valence electrons. The largest absolute Gasteiger partial charge is 0.350 e. The monoisotopic (exact) mass is 291 g/mol. The van der Waals surface area contributed by atoms with E-state index in [0.717, 1.165) is 47.2 Å². The lowest BCUT2D eigenvalue weighted by Gasteiger charge is -2.15. The highest BCUT2D eigenvalue weighted by Crippen LogP contribution is 2.22. The number of amides is 2. The van der Waals surface area contributed by atoms with Crippen LogP contribution in [0.25, 0.3) is 0 Å². The lowest BCUT2D eigenvalue weighted by atomic mass is 10.1. The van der Waals surface area contributed by atoms with Crippen molar-refractivity contribution in [1.29, 1.82) is 0 Å². The average molecular weight is 291 g/mol. The fourth-order valence-electron chi connectivity index (χ4n) is 2.25. The molecule has 0 aliphatic carbocycles. The number of nitrogens with one attached hydrogen (secondary N) is 1. The minimum atomic E-state index is -0.281. The van der Waals surface area contributed by atoms with Crippen LogP contribution in [0.15, 0.2) is 23.2 Å². The zero-order chi connectivity index (χ0) is 14.5. The molecule has 0 saturated carbocycles. The number of benzene rings is 1. The summed E-state index contributed by atoms with van der Waals surface area (Å²) in [7, 11) is 0. The highest BCUT2D eigenvalue weighted by molar-refractivity contribution is 8.14. The van der Waals surface area contributed by atoms with Gasteiger partial charge < -0.3 is 10.2 Å². The zero-order valence-corrected chi connectivity index (χ0v) is 13.1. The Balaban J connectivity index is 2.14. The van der Waals surface area contributed by atoms with Crippen molar-refractivity contribution >= 4 is 28.6 Å². The molecule has 1 saturated heterocycles. The highest BCUT2D eigenvalue weighted by atomic mass is 32.2. The second-order valence-electron chi connectivity index (χ2n) is 4.72. The van der Waals surface area contributed by atoms with Gasteiger partial charge in [-0.25, -0.2) is 4.79 Å². The lowest BCUT2D eigenvalue weighted by molar-refractivity contribution is 0.259. The van der Waals surface area contributed by atoms with Crippen LogP contribution in [-0.4, -0.2) is 34.9 Å². The van der Waals surface area contributed by atoms with E-state index in [-0.39, 0.29) is 6.03 Å². The van der Waals surface area contributed by atoms with Crippen LogP contribution < -0.4 is 5.32 Å². The van der Waals surface area contributed by atoms with E-state index in [0.29, 0.717) is 0 Å². The Morgan fingerprint density at radius 3 is 2.95 bits per heavy atom. The Hall–Kier alpha value is -1.49. The number of urea groups is 1. The maximum absolute atomic E-state index is 12.1. The molecule has 0 aromatic heterocycles. The number of aryl methyl sites for hydroxylation is 2. The Bertz CT molecular complexity index is 528. The summed E-state index contributed by atoms with van der Waals surface area (Å²) < 4.78 is 0. The predicted molar refractivity (Wildman–Crippen MR) is 86.7 cm³/mol. The molecule has 0 spiro atoms. The third kappa shape index (κ3) is 3.33. The summed E-state index contributed by atoms with van der Waals surface area (Å²) in [6.07, 6.45) is 0.893. The third-order valence-corrected chi connectivity index (χ3v) is 4.41. The van der Waals surface area contributed by atoms with E-state index >= 15 is 0 Å². The van der Waals surface area contributed by atoms with Crippen molar-refractivity contribution in [2.45, 2.75) is 27.2 Å². The smallest absolute Gasteiger partial charge is 0.347 e. The van der Waals surface area contributed by atoms with Crippen molar-refractivity contribution in [2.75, 3.05) is 24.2 Å². The van der Waals surface area contributed by atoms with E-state index in [2.05, 4.69) is 29.1 Å². The number of hydrogen-bond donors (Lipinski definition) is 1. The van der Waals surface area contributed by atoms with E-state index in [1.165, 1.54) is 0 Å². The van der Waals surface area contributed by atoms with Gasteiger partial charge >= 0.3 is 6.03 Å². The molecule has 0 unspecified atom stereocenters. The first kappa shape index (κ1) is 14.9. The Morgan fingerprint density at radius 2 is 2.25 bits per heavy atom. The summed E-state index contributed by atoms with van der Waals surface area (Å²) in [5, 5.41) is 3.77. The van der Waals surface area contributed by atoms with Crippen molar-refractivity contribution < 1.29 is 4.79 Å². The van der Waals surface area contributed by atoms with E-state index in [4.69, 9.17) is 0 Å². The molecule has 5 heteroatoms. The Kier molecular flexibility index (Phi) is 5.06. The number of hydrogen-bond acceptors (Lipinski definition) is 2. The Labute approximate surface area is 124 Å². The minimum Gasteiger partial charge on any atom is -0.350 e. The van der Waals surface area contributed by atoms with E-state index < -0.39 is 0 Å². The van der Waals surface area contributed by atoms with Gasteiger partial charge in [-0.05, 0) is 31.4 Å². The Morgan fingerprint density at radius 1 is 1.45 bits per heavy atom. The molecule has 0 atom stereocenters. The van der Waals surface area contributed by atoms with Crippen LogP contribution in [0.2, 0.25) is 0 Å². The second-order valence-corrected chi connectivity index (χ2v) is 5.78. The topological polar surface area (TPSA) is 44.7 Å². The minimum absolute atomic E-state index is 0.281. The molecule has 1 N–H and O–H groups in total. The molecule has 1 aliphatic rings. The summed E-state index contributed by atoms with van der Waals surface area (Å²) in [6.45, 7) is 8.03. The summed E-state index contributed by atoms with van der Waals surface area (Å²) >= 11 is 1.64. The molecule has 2 rings (SSSR count). The molecule has 4 nitrogen and oxygen atoms in total. The SMILES string of the molecule is CCc1cccc(C)c1NC(=O)N=C1SCCN1CC. The molecule has 1 fully saturated rings. The third-order valence-electron chi connectivity index (χ3n) is 3.41. The van der Waals surface area contributed by atoms with Gasteiger partial charge in [-0.2, -0.15) is 4.99 Å². The number of aliphatic imine (C=N–C) groups is 1. The zero-order valence-electron chi connectivity index (χ0n) is 12.3. The first-order valence-corrected chi connectivity index (χ1v) is 8.00. The van der Waals surface area contributed by atoms with Crippen LogP contribution in [0, 0.1) is 6.92 Å². The van der Waals surface area contributed by atoms with Gasteiger partial charge in [-0.3, -0.25) is 0 Å². The van der Waals surface area contributed by atoms with Crippen molar-refractivity contribution in [3.05, 3.63) is 29.3 Å². The number of carbonyl (C=O) groups is 1. The van der Waals surface area contributed by atoms with Crippen LogP contribution in [-0.2, 0) is 6.42 Å². The molecule has 0 bridgehead atoms. The molecule has 1 aromatic rings. The van der Waals surface area contributed by atoms with Gasteiger partial charge in [-0.1, -0.05) is 36.9 Å². The normalized spacial score (nSPS) is 16.8. The standard InChI is InChI=1S/C15H21N3OS/c1-4-12-8-6-7-11(3)13(12)16-14(19)17-15-18(5-2)9-10-20-15/h6-8H,4-5,9-10H2,1-3H3,(H,16,19). The van der Waals surface area contributed by atoms with Gasteiger partial charge in [0.2, 0.25) is 0 Å². The number of nitrogens with zero attached hydrogens (tertiary/aromatic N) is 2. The fourth-order valence-corrected chi connectivity index (χ4v) is 3.30. The van der Waals surface area contributed by atoms with Gasteiger partial charge in [0.25, 0.3) is 0 Å². The summed E-state index contributed by atoms with van der Waals surface area (Å²) in [5.41, 5.74) is 3.12. The van der Waals surface area contributed by atoms with Crippen LogP contribution in [0.4, 0.5) is 10.5 Å². The van der Waals surface area contributed by atoms with Crippen molar-refractivity contribution in [3.63, 3.8) is 0 Å². The van der Waals surface area contributed by atoms with E-state index in [9.17, 15) is 4.79 Å². The van der Waals surface area contributed by atoms with Gasteiger partial charge in [-0.15, -0.1) is 0 Å². The predicted octanol–water partition coefficient (Wildman–Crippen LogP) is 3.51. The van der Waals surface area contributed by atoms with Crippen molar-refractivity contribution in [3.8, 4) is 0 Å². The van der Waals surface area contributed by atoms with Gasteiger partial charge in [0.1, 0.15) is 0 Å². The highest BCUT2D eigenvalue weighted by Gasteiger charge is 2.19. The van der Waals surface area contributed by atoms with Crippen molar-refractivity contribution in [1.82, 2.24) is 4.90 Å². The van der Waals surface area contributed by atoms with Crippen LogP contribution >= 0.6 is 11.8 Å². The molecule has 2 amide bonds. The second kappa shape index (κ2) is 6.79.